The maximum absolute atomic E-state index is 12.5. The molecular formula is C11H17F3N4S. The van der Waals surface area contributed by atoms with Gasteiger partial charge in [0, 0.05) is 18.6 Å². The van der Waals surface area contributed by atoms with E-state index >= 15 is 0 Å². The molecule has 1 aromatic heterocycles. The highest BCUT2D eigenvalue weighted by atomic mass is 32.1. The molecule has 108 valence electrons. The zero-order chi connectivity index (χ0) is 14.0. The van der Waals surface area contributed by atoms with Crippen LogP contribution in [-0.4, -0.2) is 28.8 Å². The number of anilines is 1. The Morgan fingerprint density at radius 1 is 1.26 bits per heavy atom. The van der Waals surface area contributed by atoms with E-state index in [-0.39, 0.29) is 12.1 Å². The molecule has 1 aliphatic rings. The first-order chi connectivity index (χ1) is 8.91. The summed E-state index contributed by atoms with van der Waals surface area (Å²) in [7, 11) is 0. The molecule has 0 bridgehead atoms. The van der Waals surface area contributed by atoms with Crippen molar-refractivity contribution in [2.45, 2.75) is 50.9 Å². The maximum atomic E-state index is 12.5. The van der Waals surface area contributed by atoms with Crippen LogP contribution < -0.4 is 10.6 Å². The average Bonchev–Trinajstić information content (AvgIpc) is 2.82. The number of hydrogen-bond acceptors (Lipinski definition) is 5. The standard InChI is InChI=1S/C11H17F3N4S/c1-2-18(8-5-3-7(15)4-6-8)10-17-16-9(19-10)11(12,13)14/h7-8H,2-6,15H2,1H3. The van der Waals surface area contributed by atoms with Gasteiger partial charge in [0.25, 0.3) is 0 Å². The third-order valence-electron chi connectivity index (χ3n) is 3.43. The van der Waals surface area contributed by atoms with Gasteiger partial charge in [-0.25, -0.2) is 0 Å². The molecule has 1 aromatic rings. The fraction of sp³-hybridized carbons (Fsp3) is 0.818. The minimum absolute atomic E-state index is 0.218. The van der Waals surface area contributed by atoms with Crippen LogP contribution in [0.1, 0.15) is 37.6 Å². The van der Waals surface area contributed by atoms with Crippen LogP contribution in [0.4, 0.5) is 18.3 Å². The Hall–Kier alpha value is -0.890. The molecular weight excluding hydrogens is 277 g/mol. The Bertz CT molecular complexity index is 412. The van der Waals surface area contributed by atoms with Crippen LogP contribution >= 0.6 is 11.3 Å². The molecule has 0 unspecified atom stereocenters. The second kappa shape index (κ2) is 5.62. The van der Waals surface area contributed by atoms with Crippen LogP contribution in [0, 0.1) is 0 Å². The minimum atomic E-state index is -4.41. The topological polar surface area (TPSA) is 55.0 Å². The van der Waals surface area contributed by atoms with Crippen molar-refractivity contribution in [3.05, 3.63) is 5.01 Å². The van der Waals surface area contributed by atoms with Gasteiger partial charge in [-0.2, -0.15) is 13.2 Å². The van der Waals surface area contributed by atoms with Gasteiger partial charge in [-0.3, -0.25) is 0 Å². The molecule has 2 N–H and O–H groups in total. The highest BCUT2D eigenvalue weighted by Gasteiger charge is 2.37. The molecule has 4 nitrogen and oxygen atoms in total. The molecule has 19 heavy (non-hydrogen) atoms. The van der Waals surface area contributed by atoms with Crippen LogP contribution in [0.3, 0.4) is 0 Å². The van der Waals surface area contributed by atoms with Crippen molar-refractivity contribution in [1.82, 2.24) is 10.2 Å². The van der Waals surface area contributed by atoms with Gasteiger partial charge in [0.1, 0.15) is 0 Å². The zero-order valence-electron chi connectivity index (χ0n) is 10.7. The summed E-state index contributed by atoms with van der Waals surface area (Å²) >= 11 is 0.614. The first kappa shape index (κ1) is 14.5. The Balaban J connectivity index is 2.11. The van der Waals surface area contributed by atoms with Crippen molar-refractivity contribution >= 4 is 16.5 Å². The fourth-order valence-corrected chi connectivity index (χ4v) is 3.26. The summed E-state index contributed by atoms with van der Waals surface area (Å²) in [5.41, 5.74) is 5.85. The van der Waals surface area contributed by atoms with Crippen molar-refractivity contribution < 1.29 is 13.2 Å². The molecule has 2 rings (SSSR count). The molecule has 8 heteroatoms. The van der Waals surface area contributed by atoms with Gasteiger partial charge < -0.3 is 10.6 Å². The van der Waals surface area contributed by atoms with Gasteiger partial charge in [-0.1, -0.05) is 11.3 Å². The molecule has 0 amide bonds. The molecule has 0 saturated heterocycles. The van der Waals surface area contributed by atoms with Crippen LogP contribution in [-0.2, 0) is 6.18 Å². The number of rotatable bonds is 3. The highest BCUT2D eigenvalue weighted by molar-refractivity contribution is 7.15. The summed E-state index contributed by atoms with van der Waals surface area (Å²) in [6.07, 6.45) is -0.797. The number of nitrogens with zero attached hydrogens (tertiary/aromatic N) is 3. The molecule has 1 saturated carbocycles. The molecule has 1 heterocycles. The molecule has 1 fully saturated rings. The largest absolute Gasteiger partial charge is 0.445 e. The van der Waals surface area contributed by atoms with E-state index in [9.17, 15) is 13.2 Å². The SMILES string of the molecule is CCN(c1nnc(C(F)(F)F)s1)C1CCC(N)CC1. The zero-order valence-corrected chi connectivity index (χ0v) is 11.5. The number of alkyl halides is 3. The van der Waals surface area contributed by atoms with Crippen molar-refractivity contribution in [2.24, 2.45) is 5.73 Å². The summed E-state index contributed by atoms with van der Waals surface area (Å²) in [6.45, 7) is 2.55. The Labute approximate surface area is 113 Å². The lowest BCUT2D eigenvalue weighted by Crippen LogP contribution is -2.40. The van der Waals surface area contributed by atoms with E-state index < -0.39 is 11.2 Å². The summed E-state index contributed by atoms with van der Waals surface area (Å²) < 4.78 is 37.6. The number of halogens is 3. The Morgan fingerprint density at radius 3 is 2.37 bits per heavy atom. The van der Waals surface area contributed by atoms with Crippen LogP contribution in [0.25, 0.3) is 0 Å². The Kier molecular flexibility index (Phi) is 4.29. The monoisotopic (exact) mass is 294 g/mol. The predicted molar refractivity (Wildman–Crippen MR) is 68.2 cm³/mol. The number of nitrogens with two attached hydrogens (primary N) is 1. The van der Waals surface area contributed by atoms with E-state index in [1.165, 1.54) is 0 Å². The van der Waals surface area contributed by atoms with E-state index in [1.54, 1.807) is 0 Å². The lowest BCUT2D eigenvalue weighted by Gasteiger charge is -2.34. The summed E-state index contributed by atoms with van der Waals surface area (Å²) in [5, 5.41) is 6.41. The lowest BCUT2D eigenvalue weighted by molar-refractivity contribution is -0.138. The van der Waals surface area contributed by atoms with Crippen molar-refractivity contribution in [1.29, 1.82) is 0 Å². The molecule has 0 radical (unpaired) electrons. The van der Waals surface area contributed by atoms with E-state index in [4.69, 9.17) is 5.73 Å². The van der Waals surface area contributed by atoms with Gasteiger partial charge in [0.2, 0.25) is 10.1 Å². The number of aromatic nitrogens is 2. The van der Waals surface area contributed by atoms with E-state index in [0.29, 0.717) is 23.0 Å². The second-order valence-corrected chi connectivity index (χ2v) is 5.70. The van der Waals surface area contributed by atoms with Gasteiger partial charge in [-0.15, -0.1) is 10.2 Å². The van der Waals surface area contributed by atoms with Gasteiger partial charge >= 0.3 is 6.18 Å². The van der Waals surface area contributed by atoms with Crippen LogP contribution in [0.2, 0.25) is 0 Å². The summed E-state index contributed by atoms with van der Waals surface area (Å²) in [4.78, 5) is 1.92. The van der Waals surface area contributed by atoms with Gasteiger partial charge in [0.15, 0.2) is 0 Å². The highest BCUT2D eigenvalue weighted by Crippen LogP contribution is 2.36. The molecule has 0 aliphatic heterocycles. The first-order valence-electron chi connectivity index (χ1n) is 6.34. The van der Waals surface area contributed by atoms with Crippen molar-refractivity contribution in [2.75, 3.05) is 11.4 Å². The fourth-order valence-electron chi connectivity index (χ4n) is 2.41. The Morgan fingerprint density at radius 2 is 1.89 bits per heavy atom. The van der Waals surface area contributed by atoms with Gasteiger partial charge in [-0.05, 0) is 32.6 Å². The van der Waals surface area contributed by atoms with Crippen molar-refractivity contribution in [3.63, 3.8) is 0 Å². The van der Waals surface area contributed by atoms with E-state index in [0.717, 1.165) is 25.7 Å². The molecule has 0 aromatic carbocycles. The average molecular weight is 294 g/mol. The molecule has 0 atom stereocenters. The third kappa shape index (κ3) is 3.36. The quantitative estimate of drug-likeness (QED) is 0.931. The summed E-state index contributed by atoms with van der Waals surface area (Å²) in [5.74, 6) is 0. The van der Waals surface area contributed by atoms with Gasteiger partial charge in [0.05, 0.1) is 0 Å². The molecule has 0 spiro atoms. The summed E-state index contributed by atoms with van der Waals surface area (Å²) in [6, 6.07) is 0.439. The second-order valence-electron chi connectivity index (χ2n) is 4.74. The van der Waals surface area contributed by atoms with E-state index in [2.05, 4.69) is 10.2 Å². The lowest BCUT2D eigenvalue weighted by atomic mass is 9.91. The van der Waals surface area contributed by atoms with E-state index in [1.807, 2.05) is 11.8 Å². The van der Waals surface area contributed by atoms with Crippen LogP contribution in [0.15, 0.2) is 0 Å². The molecule has 1 aliphatic carbocycles. The van der Waals surface area contributed by atoms with Crippen molar-refractivity contribution in [3.8, 4) is 0 Å². The predicted octanol–water partition coefficient (Wildman–Crippen LogP) is 2.65. The maximum Gasteiger partial charge on any atom is 0.445 e. The smallest absolute Gasteiger partial charge is 0.344 e. The number of hydrogen-bond donors (Lipinski definition) is 1. The normalized spacial score (nSPS) is 24.5. The minimum Gasteiger partial charge on any atom is -0.344 e. The van der Waals surface area contributed by atoms with Crippen LogP contribution in [0.5, 0.6) is 0 Å². The third-order valence-corrected chi connectivity index (χ3v) is 4.43. The first-order valence-corrected chi connectivity index (χ1v) is 7.16.